The molecular formula is C74H132O18. The second-order valence-corrected chi connectivity index (χ2v) is 24.4. The second-order valence-electron chi connectivity index (χ2n) is 24.4. The molecule has 0 aliphatic rings. The maximum absolute atomic E-state index is 12.5. The highest BCUT2D eigenvalue weighted by molar-refractivity contribution is 5.92. The van der Waals surface area contributed by atoms with Gasteiger partial charge in [-0.15, -0.1) is 0 Å². The van der Waals surface area contributed by atoms with Gasteiger partial charge in [0.15, 0.2) is 12.2 Å². The molecule has 0 aliphatic carbocycles. The van der Waals surface area contributed by atoms with Crippen LogP contribution in [-0.4, -0.2) is 123 Å². The molecule has 0 fully saturated rings. The molecule has 0 aromatic rings. The summed E-state index contributed by atoms with van der Waals surface area (Å²) in [7, 11) is 0. The fourth-order valence-electron chi connectivity index (χ4n) is 10.1. The van der Waals surface area contributed by atoms with Gasteiger partial charge in [0.2, 0.25) is 0 Å². The number of aliphatic hydroxyl groups is 2. The minimum atomic E-state index is -0.944. The van der Waals surface area contributed by atoms with Gasteiger partial charge in [-0.2, -0.15) is 0 Å². The van der Waals surface area contributed by atoms with Crippen molar-refractivity contribution < 1.29 is 86.5 Å². The van der Waals surface area contributed by atoms with E-state index in [-0.39, 0.29) is 90.5 Å². The van der Waals surface area contributed by atoms with Crippen molar-refractivity contribution in [2.75, 3.05) is 52.9 Å². The van der Waals surface area contributed by atoms with Crippen LogP contribution in [0, 0.1) is 0 Å². The summed E-state index contributed by atoms with van der Waals surface area (Å²) in [6, 6.07) is 0. The van der Waals surface area contributed by atoms with Crippen molar-refractivity contribution in [1.29, 1.82) is 0 Å². The Morgan fingerprint density at radius 1 is 0.250 bits per heavy atom. The van der Waals surface area contributed by atoms with E-state index in [4.69, 9.17) is 38.6 Å². The van der Waals surface area contributed by atoms with E-state index >= 15 is 0 Å². The van der Waals surface area contributed by atoms with E-state index < -0.39 is 48.0 Å². The number of ether oxygens (including phenoxy) is 8. The van der Waals surface area contributed by atoms with Gasteiger partial charge in [0.05, 0.1) is 13.2 Å². The fraction of sp³-hybridized carbons (Fsp3) is 0.838. The summed E-state index contributed by atoms with van der Waals surface area (Å²) in [6.07, 6.45) is 54.6. The summed E-state index contributed by atoms with van der Waals surface area (Å²) in [5.74, 6) is -4.86. The number of unbranched alkanes of at least 4 members (excludes halogenated alkanes) is 40. The lowest BCUT2D eigenvalue weighted by atomic mass is 10.1. The molecule has 536 valence electrons. The summed E-state index contributed by atoms with van der Waals surface area (Å²) in [6.45, 7) is 6.84. The van der Waals surface area contributed by atoms with Gasteiger partial charge in [0.1, 0.15) is 39.6 Å². The van der Waals surface area contributed by atoms with Crippen molar-refractivity contribution in [2.24, 2.45) is 0 Å². The standard InChI is InChI=1S/2C37H66O9/c2*1-3-5-7-9-11-13-15-17-19-21-23-25-34(39)44-31-33(32-45-36(41)28-27-35(40)43-30-29-38)46-37(42)26-24-22-20-18-16-14-12-10-8-6-4-2/h2*27-28,33,38H,3-26,29-32H2,1-2H3/b28-27+;28-27-. The smallest absolute Gasteiger partial charge is 0.331 e. The summed E-state index contributed by atoms with van der Waals surface area (Å²) in [5, 5.41) is 17.4. The van der Waals surface area contributed by atoms with Crippen LogP contribution in [0.2, 0.25) is 0 Å². The molecular weight excluding hydrogens is 1180 g/mol. The third-order valence-corrected chi connectivity index (χ3v) is 15.6. The van der Waals surface area contributed by atoms with Gasteiger partial charge in [-0.3, -0.25) is 19.2 Å². The molecule has 0 saturated carbocycles. The first-order chi connectivity index (χ1) is 44.8. The van der Waals surface area contributed by atoms with Crippen LogP contribution in [0.1, 0.15) is 336 Å². The average Bonchev–Trinajstić information content (AvgIpc) is 3.74. The molecule has 0 bridgehead atoms. The molecule has 2 N–H and O–H groups in total. The Labute approximate surface area is 557 Å². The lowest BCUT2D eigenvalue weighted by Crippen LogP contribution is -2.30. The molecule has 0 saturated heterocycles. The van der Waals surface area contributed by atoms with Crippen LogP contribution in [0.15, 0.2) is 24.3 Å². The van der Waals surface area contributed by atoms with Crippen LogP contribution in [0.5, 0.6) is 0 Å². The van der Waals surface area contributed by atoms with Crippen LogP contribution < -0.4 is 0 Å². The van der Waals surface area contributed by atoms with Crippen LogP contribution in [0.25, 0.3) is 0 Å². The molecule has 18 nitrogen and oxygen atoms in total. The number of esters is 8. The second kappa shape index (κ2) is 72.0. The van der Waals surface area contributed by atoms with Crippen molar-refractivity contribution in [3.8, 4) is 0 Å². The molecule has 0 spiro atoms. The van der Waals surface area contributed by atoms with Crippen LogP contribution in [0.3, 0.4) is 0 Å². The lowest BCUT2D eigenvalue weighted by Gasteiger charge is -2.18. The zero-order valence-corrected chi connectivity index (χ0v) is 58.5. The number of rotatable bonds is 66. The molecule has 0 aromatic carbocycles. The molecule has 0 aromatic heterocycles. The molecule has 92 heavy (non-hydrogen) atoms. The first kappa shape index (κ1) is 89.2. The van der Waals surface area contributed by atoms with E-state index in [0.717, 1.165) is 101 Å². The Hall–Kier alpha value is -4.84. The Bertz CT molecular complexity index is 1690. The topological polar surface area (TPSA) is 251 Å². The Morgan fingerprint density at radius 3 is 0.652 bits per heavy atom. The first-order valence-electron chi connectivity index (χ1n) is 36.8. The lowest BCUT2D eigenvalue weighted by molar-refractivity contribution is -0.165. The molecule has 0 rings (SSSR count). The predicted octanol–water partition coefficient (Wildman–Crippen LogP) is 17.0. The monoisotopic (exact) mass is 1310 g/mol. The van der Waals surface area contributed by atoms with Crippen LogP contribution in [-0.2, 0) is 76.3 Å². The Kier molecular flexibility index (Phi) is 69.8. The van der Waals surface area contributed by atoms with E-state index in [9.17, 15) is 38.4 Å². The van der Waals surface area contributed by atoms with Crippen molar-refractivity contribution in [2.45, 2.75) is 348 Å². The van der Waals surface area contributed by atoms with E-state index in [0.29, 0.717) is 12.8 Å². The molecule has 18 heteroatoms. The molecule has 0 aliphatic heterocycles. The highest BCUT2D eigenvalue weighted by Crippen LogP contribution is 2.17. The highest BCUT2D eigenvalue weighted by Gasteiger charge is 2.21. The highest BCUT2D eigenvalue weighted by atomic mass is 16.6. The van der Waals surface area contributed by atoms with Gasteiger partial charge in [0, 0.05) is 50.0 Å². The first-order valence-corrected chi connectivity index (χ1v) is 36.8. The molecule has 0 amide bonds. The number of aliphatic hydroxyl groups excluding tert-OH is 2. The van der Waals surface area contributed by atoms with Gasteiger partial charge in [-0.05, 0) is 25.7 Å². The number of carbonyl (C=O) groups is 8. The number of hydrogen-bond acceptors (Lipinski definition) is 18. The van der Waals surface area contributed by atoms with Gasteiger partial charge >= 0.3 is 47.8 Å². The summed E-state index contributed by atoms with van der Waals surface area (Å²) < 4.78 is 41.3. The quantitative estimate of drug-likeness (QED) is 0.0248. The third kappa shape index (κ3) is 69.5. The van der Waals surface area contributed by atoms with Gasteiger partial charge in [0.25, 0.3) is 0 Å². The van der Waals surface area contributed by atoms with Crippen molar-refractivity contribution in [1.82, 2.24) is 0 Å². The summed E-state index contributed by atoms with van der Waals surface area (Å²) >= 11 is 0. The normalized spacial score (nSPS) is 11.8. The van der Waals surface area contributed by atoms with E-state index in [1.165, 1.54) is 193 Å². The Balaban J connectivity index is 0. The largest absolute Gasteiger partial charge is 0.462 e. The van der Waals surface area contributed by atoms with Crippen molar-refractivity contribution >= 4 is 47.8 Å². The van der Waals surface area contributed by atoms with Gasteiger partial charge < -0.3 is 48.1 Å². The minimum absolute atomic E-state index is 0.181. The number of hydrogen-bond donors (Lipinski definition) is 2. The van der Waals surface area contributed by atoms with Crippen LogP contribution in [0.4, 0.5) is 0 Å². The summed E-state index contributed by atoms with van der Waals surface area (Å²) in [4.78, 5) is 96.7. The molecule has 0 radical (unpaired) electrons. The molecule has 2 atom stereocenters. The summed E-state index contributed by atoms with van der Waals surface area (Å²) in [5.41, 5.74) is 0. The maximum atomic E-state index is 12.5. The zero-order chi connectivity index (χ0) is 67.9. The van der Waals surface area contributed by atoms with Crippen LogP contribution >= 0.6 is 0 Å². The van der Waals surface area contributed by atoms with E-state index in [2.05, 4.69) is 37.2 Å². The molecule has 0 heterocycles. The SMILES string of the molecule is CCCCCCCCCCCCCC(=O)OCC(COC(=O)/C=C/C(=O)OCCO)OC(=O)CCCCCCCCCCCCC.CCCCCCCCCCCCCC(=O)OCC(COC(=O)/C=C\C(=O)OCCO)OC(=O)CCCCCCCCCCCCC. The maximum Gasteiger partial charge on any atom is 0.331 e. The third-order valence-electron chi connectivity index (χ3n) is 15.6. The average molecular weight is 1310 g/mol. The molecule has 2 unspecified atom stereocenters. The van der Waals surface area contributed by atoms with E-state index in [1.807, 2.05) is 0 Å². The number of carbonyl (C=O) groups excluding carboxylic acids is 8. The predicted molar refractivity (Wildman–Crippen MR) is 362 cm³/mol. The van der Waals surface area contributed by atoms with Crippen molar-refractivity contribution in [3.63, 3.8) is 0 Å². The van der Waals surface area contributed by atoms with Gasteiger partial charge in [-0.1, -0.05) is 285 Å². The minimum Gasteiger partial charge on any atom is -0.462 e. The van der Waals surface area contributed by atoms with E-state index in [1.54, 1.807) is 0 Å². The Morgan fingerprint density at radius 2 is 0.435 bits per heavy atom. The van der Waals surface area contributed by atoms with Gasteiger partial charge in [-0.25, -0.2) is 19.2 Å². The van der Waals surface area contributed by atoms with Crippen molar-refractivity contribution in [3.05, 3.63) is 24.3 Å². The fourth-order valence-corrected chi connectivity index (χ4v) is 10.1. The zero-order valence-electron chi connectivity index (χ0n) is 58.5.